The molecular formula is C25H28N4O2. The van der Waals surface area contributed by atoms with Crippen LogP contribution in [0.4, 0.5) is 11.5 Å². The molecule has 0 aliphatic carbocycles. The molecule has 31 heavy (non-hydrogen) atoms. The number of nitrogen functional groups attached to an aromatic ring is 1. The maximum Gasteiger partial charge on any atom is 0.254 e. The average Bonchev–Trinajstić information content (AvgIpc) is 3.33. The number of benzene rings is 2. The molecule has 0 spiro atoms. The number of carbonyl (C=O) groups excluding carboxylic acids is 1. The zero-order chi connectivity index (χ0) is 21.4. The van der Waals surface area contributed by atoms with Crippen LogP contribution in [0, 0.1) is 6.92 Å². The largest absolute Gasteiger partial charge is 0.382 e. The second-order valence-corrected chi connectivity index (χ2v) is 8.45. The molecule has 2 aromatic carbocycles. The molecule has 3 aromatic rings. The highest BCUT2D eigenvalue weighted by molar-refractivity contribution is 6.02. The van der Waals surface area contributed by atoms with Crippen molar-refractivity contribution in [1.82, 2.24) is 9.88 Å². The van der Waals surface area contributed by atoms with E-state index in [0.29, 0.717) is 19.0 Å². The number of anilines is 2. The SMILES string of the molecule is Cc1ccc(C(=O)N2CCCC2)c(-c2ccc3nc(N)c(N4CCOCC4)cc3c2)c1. The maximum absolute atomic E-state index is 13.2. The fourth-order valence-corrected chi connectivity index (χ4v) is 4.58. The molecule has 0 radical (unpaired) electrons. The van der Waals surface area contributed by atoms with Gasteiger partial charge in [-0.15, -0.1) is 0 Å². The number of hydrogen-bond donors (Lipinski definition) is 1. The molecule has 0 saturated carbocycles. The molecule has 1 aromatic heterocycles. The minimum Gasteiger partial charge on any atom is -0.382 e. The number of fused-ring (bicyclic) bond motifs is 1. The number of aromatic nitrogens is 1. The number of nitrogens with zero attached hydrogens (tertiary/aromatic N) is 3. The Morgan fingerprint density at radius 3 is 2.55 bits per heavy atom. The van der Waals surface area contributed by atoms with E-state index in [2.05, 4.69) is 35.0 Å². The summed E-state index contributed by atoms with van der Waals surface area (Å²) in [7, 11) is 0. The number of aryl methyl sites for hydroxylation is 1. The summed E-state index contributed by atoms with van der Waals surface area (Å²) in [5.41, 5.74) is 12.0. The van der Waals surface area contributed by atoms with Crippen LogP contribution in [0.3, 0.4) is 0 Å². The fourth-order valence-electron chi connectivity index (χ4n) is 4.58. The molecule has 1 amide bonds. The second-order valence-electron chi connectivity index (χ2n) is 8.45. The van der Waals surface area contributed by atoms with Gasteiger partial charge in [0.1, 0.15) is 5.82 Å². The smallest absolute Gasteiger partial charge is 0.254 e. The van der Waals surface area contributed by atoms with Crippen LogP contribution < -0.4 is 10.6 Å². The first-order valence-corrected chi connectivity index (χ1v) is 11.0. The van der Waals surface area contributed by atoms with Crippen molar-refractivity contribution in [2.45, 2.75) is 19.8 Å². The van der Waals surface area contributed by atoms with E-state index in [-0.39, 0.29) is 5.91 Å². The molecule has 2 aliphatic heterocycles. The van der Waals surface area contributed by atoms with Gasteiger partial charge in [0, 0.05) is 37.1 Å². The molecule has 3 heterocycles. The summed E-state index contributed by atoms with van der Waals surface area (Å²) >= 11 is 0. The molecule has 6 nitrogen and oxygen atoms in total. The lowest BCUT2D eigenvalue weighted by Crippen LogP contribution is -2.36. The summed E-state index contributed by atoms with van der Waals surface area (Å²) in [5, 5.41) is 1.02. The van der Waals surface area contributed by atoms with Crippen molar-refractivity contribution in [3.05, 3.63) is 53.6 Å². The third-order valence-electron chi connectivity index (χ3n) is 6.28. The minimum atomic E-state index is 0.122. The van der Waals surface area contributed by atoms with Crippen molar-refractivity contribution in [1.29, 1.82) is 0 Å². The minimum absolute atomic E-state index is 0.122. The average molecular weight is 417 g/mol. The highest BCUT2D eigenvalue weighted by Gasteiger charge is 2.23. The van der Waals surface area contributed by atoms with Gasteiger partial charge < -0.3 is 20.3 Å². The van der Waals surface area contributed by atoms with Crippen molar-refractivity contribution in [3.8, 4) is 11.1 Å². The number of amides is 1. The van der Waals surface area contributed by atoms with Gasteiger partial charge in [-0.3, -0.25) is 4.79 Å². The lowest BCUT2D eigenvalue weighted by Gasteiger charge is -2.29. The van der Waals surface area contributed by atoms with Gasteiger partial charge in [0.15, 0.2) is 0 Å². The van der Waals surface area contributed by atoms with Gasteiger partial charge in [-0.05, 0) is 55.2 Å². The summed E-state index contributed by atoms with van der Waals surface area (Å²) in [6.07, 6.45) is 2.17. The zero-order valence-electron chi connectivity index (χ0n) is 17.9. The lowest BCUT2D eigenvalue weighted by atomic mass is 9.95. The highest BCUT2D eigenvalue weighted by Crippen LogP contribution is 2.32. The Balaban J connectivity index is 1.58. The summed E-state index contributed by atoms with van der Waals surface area (Å²) in [5.74, 6) is 0.666. The number of hydrogen-bond acceptors (Lipinski definition) is 5. The van der Waals surface area contributed by atoms with Crippen LogP contribution in [-0.2, 0) is 4.74 Å². The Labute approximate surface area is 182 Å². The van der Waals surface area contributed by atoms with Gasteiger partial charge in [0.2, 0.25) is 0 Å². The molecule has 0 unspecified atom stereocenters. The molecule has 6 heteroatoms. The maximum atomic E-state index is 13.2. The molecule has 2 saturated heterocycles. The number of rotatable bonds is 3. The summed E-state index contributed by atoms with van der Waals surface area (Å²) in [6.45, 7) is 6.76. The standard InChI is InChI=1S/C25H28N4O2/c1-17-4-6-20(25(30)29-8-2-3-9-29)21(14-17)18-5-7-22-19(15-18)16-23(24(26)27-22)28-10-12-31-13-11-28/h4-7,14-16H,2-3,8-13H2,1H3,(H2,26,27). The first-order valence-electron chi connectivity index (χ1n) is 11.0. The summed E-state index contributed by atoms with van der Waals surface area (Å²) in [6, 6.07) is 14.4. The Kier molecular flexibility index (Phi) is 5.24. The number of nitrogens with two attached hydrogens (primary N) is 1. The van der Waals surface area contributed by atoms with Gasteiger partial charge in [-0.25, -0.2) is 4.98 Å². The van der Waals surface area contributed by atoms with Crippen molar-refractivity contribution in [2.75, 3.05) is 50.0 Å². The van der Waals surface area contributed by atoms with Crippen LogP contribution in [-0.4, -0.2) is 55.2 Å². The fraction of sp³-hybridized carbons (Fsp3) is 0.360. The predicted molar refractivity (Wildman–Crippen MR) is 124 cm³/mol. The molecule has 2 fully saturated rings. The number of likely N-dealkylation sites (tertiary alicyclic amines) is 1. The molecule has 160 valence electrons. The van der Waals surface area contributed by atoms with Crippen molar-refractivity contribution in [2.24, 2.45) is 0 Å². The lowest BCUT2D eigenvalue weighted by molar-refractivity contribution is 0.0793. The Hall–Kier alpha value is -3.12. The van der Waals surface area contributed by atoms with E-state index in [1.807, 2.05) is 29.2 Å². The van der Waals surface area contributed by atoms with E-state index in [4.69, 9.17) is 10.5 Å². The van der Waals surface area contributed by atoms with Crippen LogP contribution in [0.5, 0.6) is 0 Å². The molecule has 0 atom stereocenters. The summed E-state index contributed by atoms with van der Waals surface area (Å²) < 4.78 is 5.48. The van der Waals surface area contributed by atoms with E-state index in [1.165, 1.54) is 0 Å². The van der Waals surface area contributed by atoms with Crippen molar-refractivity contribution >= 4 is 28.3 Å². The van der Waals surface area contributed by atoms with E-state index >= 15 is 0 Å². The van der Waals surface area contributed by atoms with Gasteiger partial charge in [-0.1, -0.05) is 23.8 Å². The Bertz CT molecular complexity index is 1130. The third kappa shape index (κ3) is 3.83. The van der Waals surface area contributed by atoms with E-state index in [1.54, 1.807) is 0 Å². The second kappa shape index (κ2) is 8.19. The molecule has 2 N–H and O–H groups in total. The molecule has 0 bridgehead atoms. The first kappa shape index (κ1) is 19.8. The number of morpholine rings is 1. The third-order valence-corrected chi connectivity index (χ3v) is 6.28. The van der Waals surface area contributed by atoms with E-state index in [9.17, 15) is 4.79 Å². The van der Waals surface area contributed by atoms with Gasteiger partial charge in [0.05, 0.1) is 24.4 Å². The van der Waals surface area contributed by atoms with Crippen LogP contribution >= 0.6 is 0 Å². The molecular weight excluding hydrogens is 388 g/mol. The number of carbonyl (C=O) groups is 1. The van der Waals surface area contributed by atoms with Crippen LogP contribution in [0.2, 0.25) is 0 Å². The van der Waals surface area contributed by atoms with E-state index in [0.717, 1.165) is 77.9 Å². The predicted octanol–water partition coefficient (Wildman–Crippen LogP) is 3.87. The number of pyridine rings is 1. The van der Waals surface area contributed by atoms with Crippen LogP contribution in [0.1, 0.15) is 28.8 Å². The molecule has 5 rings (SSSR count). The Morgan fingerprint density at radius 1 is 1.00 bits per heavy atom. The topological polar surface area (TPSA) is 71.7 Å². The highest BCUT2D eigenvalue weighted by atomic mass is 16.5. The van der Waals surface area contributed by atoms with Gasteiger partial charge in [-0.2, -0.15) is 0 Å². The Morgan fingerprint density at radius 2 is 1.77 bits per heavy atom. The quantitative estimate of drug-likeness (QED) is 0.702. The monoisotopic (exact) mass is 416 g/mol. The summed E-state index contributed by atoms with van der Waals surface area (Å²) in [4.78, 5) is 22.0. The van der Waals surface area contributed by atoms with Crippen LogP contribution in [0.15, 0.2) is 42.5 Å². The van der Waals surface area contributed by atoms with Gasteiger partial charge >= 0.3 is 0 Å². The first-order chi connectivity index (χ1) is 15.1. The normalized spacial score (nSPS) is 16.8. The van der Waals surface area contributed by atoms with E-state index < -0.39 is 0 Å². The molecule has 2 aliphatic rings. The zero-order valence-corrected chi connectivity index (χ0v) is 17.9. The van der Waals surface area contributed by atoms with Crippen LogP contribution in [0.25, 0.3) is 22.0 Å². The number of ether oxygens (including phenoxy) is 1. The van der Waals surface area contributed by atoms with Crippen molar-refractivity contribution in [3.63, 3.8) is 0 Å². The van der Waals surface area contributed by atoms with Crippen molar-refractivity contribution < 1.29 is 9.53 Å². The van der Waals surface area contributed by atoms with Gasteiger partial charge in [0.25, 0.3) is 5.91 Å².